The first-order chi connectivity index (χ1) is 11.6. The summed E-state index contributed by atoms with van der Waals surface area (Å²) in [6, 6.07) is 7.16. The van der Waals surface area contributed by atoms with Crippen LogP contribution in [0.2, 0.25) is 0 Å². The summed E-state index contributed by atoms with van der Waals surface area (Å²) in [6.07, 6.45) is 4.05. The van der Waals surface area contributed by atoms with Crippen molar-refractivity contribution in [2.75, 3.05) is 19.6 Å². The summed E-state index contributed by atoms with van der Waals surface area (Å²) in [7, 11) is 0. The van der Waals surface area contributed by atoms with Crippen molar-refractivity contribution in [1.82, 2.24) is 10.2 Å². The van der Waals surface area contributed by atoms with Gasteiger partial charge in [0, 0.05) is 18.2 Å². The summed E-state index contributed by atoms with van der Waals surface area (Å²) < 4.78 is 0. The molecule has 1 aliphatic rings. The first kappa shape index (κ1) is 19.9. The van der Waals surface area contributed by atoms with Gasteiger partial charge in [-0.05, 0) is 43.6 Å². The van der Waals surface area contributed by atoms with Crippen LogP contribution in [-0.4, -0.2) is 42.4 Å². The standard InChI is InChI=1S/C17H23N3O2.C2H6/c1-2-11-20(15-7-9-19-10-8-15)16(21)12-13-3-5-14(6-4-13)17(18)22;1-2/h2-6,15,19H,1,7-12H2,(H2,18,22);1-2H3. The van der Waals surface area contributed by atoms with Gasteiger partial charge in [-0.1, -0.05) is 32.1 Å². The van der Waals surface area contributed by atoms with Crippen LogP contribution in [0.5, 0.6) is 0 Å². The van der Waals surface area contributed by atoms with Gasteiger partial charge in [0.1, 0.15) is 0 Å². The number of hydrogen-bond donors (Lipinski definition) is 2. The molecule has 1 aromatic rings. The number of nitrogens with two attached hydrogens (primary N) is 1. The fraction of sp³-hybridized carbons (Fsp3) is 0.474. The van der Waals surface area contributed by atoms with Crippen LogP contribution in [0, 0.1) is 0 Å². The average Bonchev–Trinajstić information content (AvgIpc) is 2.62. The molecule has 0 saturated carbocycles. The zero-order valence-corrected chi connectivity index (χ0v) is 14.8. The Morgan fingerprint density at radius 2 is 1.83 bits per heavy atom. The monoisotopic (exact) mass is 331 g/mol. The molecule has 24 heavy (non-hydrogen) atoms. The number of hydrogen-bond acceptors (Lipinski definition) is 3. The van der Waals surface area contributed by atoms with Crippen molar-refractivity contribution >= 4 is 11.8 Å². The normalized spacial score (nSPS) is 14.2. The molecule has 0 bridgehead atoms. The van der Waals surface area contributed by atoms with E-state index in [4.69, 9.17) is 5.73 Å². The zero-order valence-electron chi connectivity index (χ0n) is 14.8. The van der Waals surface area contributed by atoms with Gasteiger partial charge in [-0.2, -0.15) is 0 Å². The highest BCUT2D eigenvalue weighted by molar-refractivity contribution is 5.92. The second-order valence-electron chi connectivity index (χ2n) is 5.55. The SMILES string of the molecule is C=CCN(C(=O)Cc1ccc(C(N)=O)cc1)C1CCNCC1.CC. The van der Waals surface area contributed by atoms with E-state index >= 15 is 0 Å². The minimum atomic E-state index is -0.458. The topological polar surface area (TPSA) is 75.4 Å². The molecule has 1 saturated heterocycles. The van der Waals surface area contributed by atoms with E-state index < -0.39 is 5.91 Å². The van der Waals surface area contributed by atoms with Gasteiger partial charge in [-0.25, -0.2) is 0 Å². The van der Waals surface area contributed by atoms with Gasteiger partial charge in [-0.3, -0.25) is 9.59 Å². The maximum Gasteiger partial charge on any atom is 0.248 e. The number of carbonyl (C=O) groups excluding carboxylic acids is 2. The zero-order chi connectivity index (χ0) is 17.9. The van der Waals surface area contributed by atoms with Crippen molar-refractivity contribution in [2.24, 2.45) is 5.73 Å². The van der Waals surface area contributed by atoms with Gasteiger partial charge < -0.3 is 16.0 Å². The Balaban J connectivity index is 0.00000139. The number of nitrogens with one attached hydrogen (secondary N) is 1. The summed E-state index contributed by atoms with van der Waals surface area (Å²) in [5.41, 5.74) is 6.56. The number of piperidine rings is 1. The molecule has 1 aromatic carbocycles. The quantitative estimate of drug-likeness (QED) is 0.784. The van der Waals surface area contributed by atoms with E-state index in [9.17, 15) is 9.59 Å². The van der Waals surface area contributed by atoms with Crippen LogP contribution in [0.3, 0.4) is 0 Å². The third-order valence-corrected chi connectivity index (χ3v) is 3.99. The Labute approximate surface area is 144 Å². The molecule has 2 rings (SSSR count). The maximum atomic E-state index is 12.6. The van der Waals surface area contributed by atoms with Crippen LogP contribution < -0.4 is 11.1 Å². The molecule has 1 fully saturated rings. The minimum absolute atomic E-state index is 0.0959. The van der Waals surface area contributed by atoms with E-state index in [2.05, 4.69) is 11.9 Å². The lowest BCUT2D eigenvalue weighted by Gasteiger charge is -2.34. The van der Waals surface area contributed by atoms with E-state index in [-0.39, 0.29) is 11.9 Å². The first-order valence-corrected chi connectivity index (χ1v) is 8.61. The lowest BCUT2D eigenvalue weighted by atomic mass is 10.0. The van der Waals surface area contributed by atoms with Crippen molar-refractivity contribution in [3.8, 4) is 0 Å². The number of rotatable bonds is 6. The summed E-state index contributed by atoms with van der Waals surface area (Å²) in [4.78, 5) is 25.6. The Hall–Kier alpha value is -2.14. The largest absolute Gasteiger partial charge is 0.366 e. The third kappa shape index (κ3) is 5.81. The van der Waals surface area contributed by atoms with Gasteiger partial charge in [0.25, 0.3) is 0 Å². The van der Waals surface area contributed by atoms with Crippen LogP contribution in [0.1, 0.15) is 42.6 Å². The Morgan fingerprint density at radius 1 is 1.25 bits per heavy atom. The third-order valence-electron chi connectivity index (χ3n) is 3.99. The summed E-state index contributed by atoms with van der Waals surface area (Å²) in [6.45, 7) is 10.2. The van der Waals surface area contributed by atoms with E-state index in [0.29, 0.717) is 18.5 Å². The van der Waals surface area contributed by atoms with Crippen LogP contribution >= 0.6 is 0 Å². The predicted octanol–water partition coefficient (Wildman–Crippen LogP) is 2.12. The van der Waals surface area contributed by atoms with Gasteiger partial charge in [-0.15, -0.1) is 6.58 Å². The van der Waals surface area contributed by atoms with Crippen molar-refractivity contribution < 1.29 is 9.59 Å². The van der Waals surface area contributed by atoms with E-state index in [0.717, 1.165) is 31.5 Å². The fourth-order valence-corrected chi connectivity index (χ4v) is 2.77. The molecule has 0 radical (unpaired) electrons. The lowest BCUT2D eigenvalue weighted by molar-refractivity contribution is -0.132. The Morgan fingerprint density at radius 3 is 2.33 bits per heavy atom. The average molecular weight is 331 g/mol. The number of carbonyl (C=O) groups is 2. The van der Waals surface area contributed by atoms with Crippen LogP contribution in [0.25, 0.3) is 0 Å². The molecule has 3 N–H and O–H groups in total. The lowest BCUT2D eigenvalue weighted by Crippen LogP contribution is -2.46. The molecule has 1 heterocycles. The van der Waals surface area contributed by atoms with E-state index in [1.807, 2.05) is 18.7 Å². The van der Waals surface area contributed by atoms with Gasteiger partial charge >= 0.3 is 0 Å². The second-order valence-corrected chi connectivity index (χ2v) is 5.55. The Kier molecular flexibility index (Phi) is 8.79. The highest BCUT2D eigenvalue weighted by Crippen LogP contribution is 2.14. The minimum Gasteiger partial charge on any atom is -0.366 e. The van der Waals surface area contributed by atoms with Crippen LogP contribution in [-0.2, 0) is 11.2 Å². The van der Waals surface area contributed by atoms with Crippen LogP contribution in [0.4, 0.5) is 0 Å². The number of amides is 2. The Bertz CT molecular complexity index is 534. The highest BCUT2D eigenvalue weighted by Gasteiger charge is 2.24. The molecule has 0 spiro atoms. The molecular weight excluding hydrogens is 302 g/mol. The van der Waals surface area contributed by atoms with Crippen molar-refractivity contribution in [1.29, 1.82) is 0 Å². The molecule has 0 aliphatic carbocycles. The molecule has 132 valence electrons. The van der Waals surface area contributed by atoms with Gasteiger partial charge in [0.05, 0.1) is 6.42 Å². The molecular formula is C19H29N3O2. The molecule has 5 heteroatoms. The van der Waals surface area contributed by atoms with Crippen molar-refractivity contribution in [3.63, 3.8) is 0 Å². The highest BCUT2D eigenvalue weighted by atomic mass is 16.2. The molecule has 0 aromatic heterocycles. The molecule has 0 unspecified atom stereocenters. The molecule has 1 aliphatic heterocycles. The first-order valence-electron chi connectivity index (χ1n) is 8.61. The fourth-order valence-electron chi connectivity index (χ4n) is 2.77. The summed E-state index contributed by atoms with van der Waals surface area (Å²) in [5.74, 6) is -0.362. The molecule has 5 nitrogen and oxygen atoms in total. The number of nitrogens with zero attached hydrogens (tertiary/aromatic N) is 1. The van der Waals surface area contributed by atoms with Gasteiger partial charge in [0.15, 0.2) is 0 Å². The summed E-state index contributed by atoms with van der Waals surface area (Å²) in [5, 5.41) is 3.31. The number of primary amides is 1. The van der Waals surface area contributed by atoms with Crippen molar-refractivity contribution in [3.05, 3.63) is 48.0 Å². The van der Waals surface area contributed by atoms with E-state index in [1.165, 1.54) is 0 Å². The van der Waals surface area contributed by atoms with Crippen LogP contribution in [0.15, 0.2) is 36.9 Å². The predicted molar refractivity (Wildman–Crippen MR) is 97.8 cm³/mol. The summed E-state index contributed by atoms with van der Waals surface area (Å²) >= 11 is 0. The second kappa shape index (κ2) is 10.6. The van der Waals surface area contributed by atoms with Gasteiger partial charge in [0.2, 0.25) is 11.8 Å². The maximum absolute atomic E-state index is 12.6. The number of benzene rings is 1. The molecule has 0 atom stereocenters. The van der Waals surface area contributed by atoms with Crippen molar-refractivity contribution in [2.45, 2.75) is 39.2 Å². The molecule has 2 amide bonds. The van der Waals surface area contributed by atoms with E-state index in [1.54, 1.807) is 30.3 Å². The smallest absolute Gasteiger partial charge is 0.248 e.